The number of nitrogens with two attached hydrogens (primary N) is 1. The average molecular weight is 405 g/mol. The quantitative estimate of drug-likeness (QED) is 0.326. The molecule has 0 saturated heterocycles. The minimum absolute atomic E-state index is 0.413. The van der Waals surface area contributed by atoms with Gasteiger partial charge in [0.1, 0.15) is 5.69 Å². The Labute approximate surface area is 174 Å². The molecule has 0 fully saturated rings. The minimum Gasteiger partial charge on any atom is -0.368 e. The first-order chi connectivity index (χ1) is 14.6. The van der Waals surface area contributed by atoms with E-state index in [0.29, 0.717) is 35.1 Å². The summed E-state index contributed by atoms with van der Waals surface area (Å²) in [6.45, 7) is 2.82. The van der Waals surface area contributed by atoms with E-state index < -0.39 is 5.91 Å². The van der Waals surface area contributed by atoms with Crippen molar-refractivity contribution in [2.45, 2.75) is 13.3 Å². The van der Waals surface area contributed by atoms with E-state index in [1.165, 1.54) is 0 Å². The number of benzene rings is 2. The molecule has 1 aromatic heterocycles. The van der Waals surface area contributed by atoms with Crippen LogP contribution in [-0.4, -0.2) is 28.8 Å². The molecule has 9 heteroatoms. The van der Waals surface area contributed by atoms with Crippen LogP contribution in [0, 0.1) is 0 Å². The summed E-state index contributed by atoms with van der Waals surface area (Å²) in [6, 6.07) is 14.0. The van der Waals surface area contributed by atoms with Gasteiger partial charge in [0.25, 0.3) is 0 Å². The number of anilines is 6. The number of amides is 2. The smallest absolute Gasteiger partial charge is 0.248 e. The molecular formula is C21H23N7O2. The Hall–Kier alpha value is -4.14. The Morgan fingerprint density at radius 3 is 2.27 bits per heavy atom. The summed E-state index contributed by atoms with van der Waals surface area (Å²) < 4.78 is 0. The van der Waals surface area contributed by atoms with E-state index >= 15 is 0 Å². The summed E-state index contributed by atoms with van der Waals surface area (Å²) in [5.74, 6) is 0.587. The van der Waals surface area contributed by atoms with Crippen LogP contribution in [0.2, 0.25) is 0 Å². The predicted octanol–water partition coefficient (Wildman–Crippen LogP) is 3.45. The molecule has 0 atom stereocenters. The van der Waals surface area contributed by atoms with Crippen molar-refractivity contribution in [2.75, 3.05) is 27.8 Å². The van der Waals surface area contributed by atoms with E-state index in [9.17, 15) is 9.59 Å². The van der Waals surface area contributed by atoms with Crippen molar-refractivity contribution in [3.05, 3.63) is 60.3 Å². The number of rotatable bonds is 10. The largest absolute Gasteiger partial charge is 0.368 e. The van der Waals surface area contributed by atoms with Crippen LogP contribution in [-0.2, 0) is 4.79 Å². The third-order valence-electron chi connectivity index (χ3n) is 4.15. The first-order valence-electron chi connectivity index (χ1n) is 9.44. The molecule has 0 aliphatic heterocycles. The van der Waals surface area contributed by atoms with Gasteiger partial charge in [-0.25, -0.2) is 4.98 Å². The van der Waals surface area contributed by atoms with Gasteiger partial charge in [0.15, 0.2) is 5.82 Å². The van der Waals surface area contributed by atoms with Gasteiger partial charge in [-0.2, -0.15) is 4.98 Å². The molecule has 30 heavy (non-hydrogen) atoms. The van der Waals surface area contributed by atoms with Crippen molar-refractivity contribution in [1.29, 1.82) is 0 Å². The van der Waals surface area contributed by atoms with Crippen molar-refractivity contribution in [1.82, 2.24) is 9.97 Å². The summed E-state index contributed by atoms with van der Waals surface area (Å²) >= 11 is 0. The van der Waals surface area contributed by atoms with Gasteiger partial charge in [0.05, 0.1) is 6.20 Å². The average Bonchev–Trinajstić information content (AvgIpc) is 2.75. The van der Waals surface area contributed by atoms with E-state index in [-0.39, 0.29) is 0 Å². The van der Waals surface area contributed by atoms with Crippen LogP contribution in [0.25, 0.3) is 0 Å². The number of hydrogen-bond donors (Lipinski definition) is 5. The third-order valence-corrected chi connectivity index (χ3v) is 4.15. The zero-order valence-electron chi connectivity index (χ0n) is 16.5. The van der Waals surface area contributed by atoms with Gasteiger partial charge in [-0.05, 0) is 55.0 Å². The molecule has 3 rings (SSSR count). The standard InChI is InChI=1S/C21H23N7O2/c1-2-11-23-20-18(26-16-9-7-15(8-10-16)25-13-29)12-24-21(28-20)27-17-5-3-14(4-6-17)19(22)30/h3-10,12-13,26H,2,11H2,1H3,(H2,22,30)(H,25,29)(H2,23,24,27,28). The molecule has 0 radical (unpaired) electrons. The fraction of sp³-hybridized carbons (Fsp3) is 0.143. The first kappa shape index (κ1) is 20.6. The van der Waals surface area contributed by atoms with Gasteiger partial charge < -0.3 is 27.0 Å². The second kappa shape index (κ2) is 9.87. The number of nitrogens with zero attached hydrogens (tertiary/aromatic N) is 2. The van der Waals surface area contributed by atoms with Crippen molar-refractivity contribution in [2.24, 2.45) is 5.73 Å². The molecule has 6 N–H and O–H groups in total. The second-order valence-electron chi connectivity index (χ2n) is 6.41. The van der Waals surface area contributed by atoms with Crippen molar-refractivity contribution >= 4 is 46.8 Å². The highest BCUT2D eigenvalue weighted by molar-refractivity contribution is 5.93. The molecular weight excluding hydrogens is 382 g/mol. The van der Waals surface area contributed by atoms with Crippen LogP contribution in [0.15, 0.2) is 54.7 Å². The highest BCUT2D eigenvalue weighted by atomic mass is 16.1. The predicted molar refractivity (Wildman–Crippen MR) is 118 cm³/mol. The SMILES string of the molecule is CCCNc1nc(Nc2ccc(C(N)=O)cc2)ncc1Nc1ccc(NC=O)cc1. The lowest BCUT2D eigenvalue weighted by Gasteiger charge is -2.14. The van der Waals surface area contributed by atoms with Gasteiger partial charge in [0.2, 0.25) is 18.3 Å². The Balaban J connectivity index is 1.78. The van der Waals surface area contributed by atoms with Crippen molar-refractivity contribution in [3.63, 3.8) is 0 Å². The molecule has 2 amide bonds. The summed E-state index contributed by atoms with van der Waals surface area (Å²) in [5.41, 5.74) is 8.69. The molecule has 0 aliphatic carbocycles. The number of primary amides is 1. The molecule has 0 unspecified atom stereocenters. The van der Waals surface area contributed by atoms with E-state index in [1.807, 2.05) is 12.1 Å². The first-order valence-corrected chi connectivity index (χ1v) is 9.44. The van der Waals surface area contributed by atoms with Crippen molar-refractivity contribution < 1.29 is 9.59 Å². The summed E-state index contributed by atoms with van der Waals surface area (Å²) in [4.78, 5) is 30.7. The van der Waals surface area contributed by atoms with Crippen molar-refractivity contribution in [3.8, 4) is 0 Å². The van der Waals surface area contributed by atoms with E-state index in [1.54, 1.807) is 42.6 Å². The van der Waals surface area contributed by atoms with E-state index in [0.717, 1.165) is 24.3 Å². The van der Waals surface area contributed by atoms with E-state index in [2.05, 4.69) is 38.2 Å². The summed E-state index contributed by atoms with van der Waals surface area (Å²) in [7, 11) is 0. The lowest BCUT2D eigenvalue weighted by molar-refractivity contribution is -0.105. The lowest BCUT2D eigenvalue weighted by Crippen LogP contribution is -2.10. The Morgan fingerprint density at radius 2 is 1.63 bits per heavy atom. The highest BCUT2D eigenvalue weighted by Gasteiger charge is 2.09. The Bertz CT molecular complexity index is 1000. The van der Waals surface area contributed by atoms with Gasteiger partial charge in [-0.3, -0.25) is 9.59 Å². The van der Waals surface area contributed by atoms with Gasteiger partial charge in [-0.15, -0.1) is 0 Å². The van der Waals surface area contributed by atoms with Gasteiger partial charge in [-0.1, -0.05) is 6.92 Å². The Morgan fingerprint density at radius 1 is 1.00 bits per heavy atom. The van der Waals surface area contributed by atoms with Crippen LogP contribution in [0.3, 0.4) is 0 Å². The molecule has 0 bridgehead atoms. The lowest BCUT2D eigenvalue weighted by atomic mass is 10.2. The molecule has 9 nitrogen and oxygen atoms in total. The molecule has 0 aliphatic rings. The molecule has 0 saturated carbocycles. The number of carbonyl (C=O) groups excluding carboxylic acids is 2. The normalized spacial score (nSPS) is 10.2. The van der Waals surface area contributed by atoms with Crippen LogP contribution in [0.5, 0.6) is 0 Å². The number of nitrogens with one attached hydrogen (secondary N) is 4. The van der Waals surface area contributed by atoms with Crippen LogP contribution in [0.1, 0.15) is 23.7 Å². The fourth-order valence-electron chi connectivity index (χ4n) is 2.63. The number of aromatic nitrogens is 2. The second-order valence-corrected chi connectivity index (χ2v) is 6.41. The fourth-order valence-corrected chi connectivity index (χ4v) is 2.63. The number of hydrogen-bond acceptors (Lipinski definition) is 7. The zero-order chi connectivity index (χ0) is 21.3. The summed E-state index contributed by atoms with van der Waals surface area (Å²) in [6.07, 6.45) is 3.26. The topological polar surface area (TPSA) is 134 Å². The van der Waals surface area contributed by atoms with Crippen LogP contribution < -0.4 is 27.0 Å². The molecule has 0 spiro atoms. The Kier molecular flexibility index (Phi) is 6.78. The number of carbonyl (C=O) groups is 2. The summed E-state index contributed by atoms with van der Waals surface area (Å²) in [5, 5.41) is 12.3. The molecule has 3 aromatic rings. The monoisotopic (exact) mass is 405 g/mol. The maximum Gasteiger partial charge on any atom is 0.248 e. The van der Waals surface area contributed by atoms with Crippen LogP contribution >= 0.6 is 0 Å². The maximum absolute atomic E-state index is 11.2. The van der Waals surface area contributed by atoms with Gasteiger partial charge in [0, 0.05) is 29.2 Å². The van der Waals surface area contributed by atoms with E-state index in [4.69, 9.17) is 5.73 Å². The van der Waals surface area contributed by atoms with Gasteiger partial charge >= 0.3 is 0 Å². The maximum atomic E-state index is 11.2. The molecule has 1 heterocycles. The zero-order valence-corrected chi connectivity index (χ0v) is 16.5. The molecule has 154 valence electrons. The third kappa shape index (κ3) is 5.44. The minimum atomic E-state index is -0.478. The molecule has 2 aromatic carbocycles. The highest BCUT2D eigenvalue weighted by Crippen LogP contribution is 2.26. The van der Waals surface area contributed by atoms with Crippen LogP contribution in [0.4, 0.5) is 34.5 Å².